The van der Waals surface area contributed by atoms with Crippen LogP contribution >= 0.6 is 24.0 Å². The van der Waals surface area contributed by atoms with Crippen LogP contribution < -0.4 is 10.6 Å². The molecule has 0 saturated carbocycles. The third-order valence-electron chi connectivity index (χ3n) is 5.62. The molecule has 2 N–H and O–H groups in total. The van der Waals surface area contributed by atoms with Gasteiger partial charge in [0.1, 0.15) is 0 Å². The minimum atomic E-state index is 0. The van der Waals surface area contributed by atoms with Crippen LogP contribution in [-0.4, -0.2) is 57.8 Å². The molecular weight excluding hydrogens is 489 g/mol. The molecule has 0 aromatic carbocycles. The highest BCUT2D eigenvalue weighted by Gasteiger charge is 2.27. The van der Waals surface area contributed by atoms with Crippen LogP contribution in [0.15, 0.2) is 29.4 Å². The Hall–Kier alpha value is -1.68. The number of rotatable bonds is 6. The first-order valence-corrected chi connectivity index (χ1v) is 10.6. The predicted molar refractivity (Wildman–Crippen MR) is 134 cm³/mol. The molecule has 1 saturated heterocycles. The van der Waals surface area contributed by atoms with Crippen LogP contribution in [0, 0.1) is 13.8 Å². The lowest BCUT2D eigenvalue weighted by Crippen LogP contribution is -2.54. The fourth-order valence-corrected chi connectivity index (χ4v) is 3.82. The Labute approximate surface area is 197 Å². The summed E-state index contributed by atoms with van der Waals surface area (Å²) in [6.07, 6.45) is 5.85. The molecule has 166 valence electrons. The number of halogens is 1. The number of aromatic nitrogens is 3. The maximum Gasteiger partial charge on any atom is 0.191 e. The van der Waals surface area contributed by atoms with Crippen molar-refractivity contribution in [2.45, 2.75) is 59.0 Å². The Bertz CT molecular complexity index is 821. The van der Waals surface area contributed by atoms with Gasteiger partial charge in [0.2, 0.25) is 0 Å². The lowest BCUT2D eigenvalue weighted by atomic mass is 9.98. The first-order valence-electron chi connectivity index (χ1n) is 10.6. The van der Waals surface area contributed by atoms with Crippen molar-refractivity contribution in [2.75, 3.05) is 26.7 Å². The van der Waals surface area contributed by atoms with E-state index >= 15 is 0 Å². The molecule has 8 heteroatoms. The molecular formula is C22H36IN7. The molecule has 30 heavy (non-hydrogen) atoms. The highest BCUT2D eigenvalue weighted by Crippen LogP contribution is 2.19. The minimum Gasteiger partial charge on any atom is -0.355 e. The maximum atomic E-state index is 4.57. The summed E-state index contributed by atoms with van der Waals surface area (Å²) in [5.41, 5.74) is 3.30. The number of aliphatic imine (C=N–C) groups is 1. The lowest BCUT2D eigenvalue weighted by molar-refractivity contribution is 0.0982. The first kappa shape index (κ1) is 24.6. The van der Waals surface area contributed by atoms with Crippen molar-refractivity contribution in [1.29, 1.82) is 0 Å². The van der Waals surface area contributed by atoms with Crippen molar-refractivity contribution in [1.82, 2.24) is 30.3 Å². The van der Waals surface area contributed by atoms with Crippen molar-refractivity contribution in [3.8, 4) is 5.82 Å². The quantitative estimate of drug-likeness (QED) is 0.344. The third kappa shape index (κ3) is 6.41. The molecule has 1 aliphatic rings. The highest BCUT2D eigenvalue weighted by atomic mass is 127. The van der Waals surface area contributed by atoms with Crippen LogP contribution in [0.25, 0.3) is 5.82 Å². The molecule has 3 heterocycles. The Morgan fingerprint density at radius 2 is 1.87 bits per heavy atom. The van der Waals surface area contributed by atoms with Crippen LogP contribution in [-0.2, 0) is 6.54 Å². The summed E-state index contributed by atoms with van der Waals surface area (Å²) in [5.74, 6) is 1.66. The van der Waals surface area contributed by atoms with Gasteiger partial charge in [-0.3, -0.25) is 9.89 Å². The maximum absolute atomic E-state index is 4.57. The van der Waals surface area contributed by atoms with E-state index in [0.29, 0.717) is 6.54 Å². The number of hydrogen-bond acceptors (Lipinski definition) is 4. The number of guanidine groups is 1. The molecule has 0 radical (unpaired) electrons. The average Bonchev–Trinajstić information content (AvgIpc) is 3.07. The van der Waals surface area contributed by atoms with E-state index in [2.05, 4.69) is 56.6 Å². The zero-order valence-electron chi connectivity index (χ0n) is 18.9. The zero-order valence-corrected chi connectivity index (χ0v) is 21.2. The molecule has 1 fully saturated rings. The number of nitrogens with zero attached hydrogens (tertiary/aromatic N) is 5. The number of likely N-dealkylation sites (tertiary alicyclic amines) is 1. The number of nitrogens with one attached hydrogen (secondary N) is 2. The molecule has 0 amide bonds. The standard InChI is InChI=1S/C22H35N7.HI/c1-17-13-18(2)29(27-17)20-10-9-19(14-24-20)15-25-21(23-5)26-16-22(3,4)28-11-7-6-8-12-28;/h9-10,13-14H,6-8,11-12,15-16H2,1-5H3,(H2,23,25,26);1H. The van der Waals surface area contributed by atoms with E-state index in [9.17, 15) is 0 Å². The van der Waals surface area contributed by atoms with Crippen LogP contribution in [0.4, 0.5) is 0 Å². The SMILES string of the molecule is CN=C(NCc1ccc(-n2nc(C)cc2C)nc1)NCC(C)(C)N1CCCCC1.I. The summed E-state index contributed by atoms with van der Waals surface area (Å²) in [5, 5.41) is 11.4. The molecule has 1 aliphatic heterocycles. The predicted octanol–water partition coefficient (Wildman–Crippen LogP) is 3.43. The molecule has 0 bridgehead atoms. The van der Waals surface area contributed by atoms with Gasteiger partial charge >= 0.3 is 0 Å². The van der Waals surface area contributed by atoms with Gasteiger partial charge < -0.3 is 10.6 Å². The second-order valence-corrected chi connectivity index (χ2v) is 8.50. The Morgan fingerprint density at radius 1 is 1.13 bits per heavy atom. The Kier molecular flexibility index (Phi) is 9.09. The molecule has 2 aromatic rings. The zero-order chi connectivity index (χ0) is 20.9. The van der Waals surface area contributed by atoms with Gasteiger partial charge in [-0.15, -0.1) is 24.0 Å². The number of hydrogen-bond donors (Lipinski definition) is 2. The van der Waals surface area contributed by atoms with Gasteiger partial charge in [0.25, 0.3) is 0 Å². The van der Waals surface area contributed by atoms with Crippen molar-refractivity contribution < 1.29 is 0 Å². The average molecular weight is 525 g/mol. The van der Waals surface area contributed by atoms with E-state index < -0.39 is 0 Å². The summed E-state index contributed by atoms with van der Waals surface area (Å²) in [7, 11) is 1.81. The van der Waals surface area contributed by atoms with Crippen LogP contribution in [0.2, 0.25) is 0 Å². The van der Waals surface area contributed by atoms with Gasteiger partial charge in [0.05, 0.1) is 5.69 Å². The third-order valence-corrected chi connectivity index (χ3v) is 5.62. The summed E-state index contributed by atoms with van der Waals surface area (Å²) >= 11 is 0. The summed E-state index contributed by atoms with van der Waals surface area (Å²) in [4.78, 5) is 11.5. The van der Waals surface area contributed by atoms with Gasteiger partial charge in [-0.05, 0) is 71.3 Å². The van der Waals surface area contributed by atoms with Gasteiger partial charge in [0, 0.05) is 37.6 Å². The van der Waals surface area contributed by atoms with Crippen LogP contribution in [0.5, 0.6) is 0 Å². The molecule has 0 atom stereocenters. The van der Waals surface area contributed by atoms with Crippen molar-refractivity contribution >= 4 is 29.9 Å². The van der Waals surface area contributed by atoms with E-state index in [0.717, 1.165) is 35.3 Å². The van der Waals surface area contributed by atoms with E-state index in [1.165, 1.54) is 32.4 Å². The Morgan fingerprint density at radius 3 is 2.43 bits per heavy atom. The molecule has 2 aromatic heterocycles. The fraction of sp³-hybridized carbons (Fsp3) is 0.591. The minimum absolute atomic E-state index is 0. The summed E-state index contributed by atoms with van der Waals surface area (Å²) < 4.78 is 1.87. The number of pyridine rings is 1. The topological polar surface area (TPSA) is 70.4 Å². The normalized spacial score (nSPS) is 15.6. The highest BCUT2D eigenvalue weighted by molar-refractivity contribution is 14.0. The molecule has 3 rings (SSSR count). The van der Waals surface area contributed by atoms with E-state index in [1.54, 1.807) is 0 Å². The smallest absolute Gasteiger partial charge is 0.191 e. The first-order chi connectivity index (χ1) is 13.9. The van der Waals surface area contributed by atoms with E-state index in [1.807, 2.05) is 37.8 Å². The van der Waals surface area contributed by atoms with Gasteiger partial charge in [-0.25, -0.2) is 9.67 Å². The van der Waals surface area contributed by atoms with Gasteiger partial charge in [0.15, 0.2) is 11.8 Å². The molecule has 0 spiro atoms. The summed E-state index contributed by atoms with van der Waals surface area (Å²) in [6, 6.07) is 6.14. The number of aryl methyl sites for hydroxylation is 2. The van der Waals surface area contributed by atoms with Crippen LogP contribution in [0.1, 0.15) is 50.1 Å². The van der Waals surface area contributed by atoms with E-state index in [4.69, 9.17) is 0 Å². The van der Waals surface area contributed by atoms with Gasteiger partial charge in [-0.1, -0.05) is 12.5 Å². The molecule has 0 aliphatic carbocycles. The van der Waals surface area contributed by atoms with Gasteiger partial charge in [-0.2, -0.15) is 5.10 Å². The largest absolute Gasteiger partial charge is 0.355 e. The van der Waals surface area contributed by atoms with Crippen LogP contribution in [0.3, 0.4) is 0 Å². The number of piperidine rings is 1. The fourth-order valence-electron chi connectivity index (χ4n) is 3.82. The lowest BCUT2D eigenvalue weighted by Gasteiger charge is -2.41. The van der Waals surface area contributed by atoms with Crippen molar-refractivity contribution in [2.24, 2.45) is 4.99 Å². The van der Waals surface area contributed by atoms with Crippen molar-refractivity contribution in [3.63, 3.8) is 0 Å². The van der Waals surface area contributed by atoms with E-state index in [-0.39, 0.29) is 29.5 Å². The molecule has 7 nitrogen and oxygen atoms in total. The molecule has 0 unspecified atom stereocenters. The second-order valence-electron chi connectivity index (χ2n) is 8.50. The second kappa shape index (κ2) is 11.1. The monoisotopic (exact) mass is 525 g/mol. The van der Waals surface area contributed by atoms with Crippen molar-refractivity contribution in [3.05, 3.63) is 41.3 Å². The Balaban J connectivity index is 0.00000320. The summed E-state index contributed by atoms with van der Waals surface area (Å²) in [6.45, 7) is 12.6.